The molecule has 2 saturated carbocycles. The van der Waals surface area contributed by atoms with E-state index in [1.54, 1.807) is 33.8 Å². The van der Waals surface area contributed by atoms with Gasteiger partial charge < -0.3 is 43.9 Å². The number of carbonyl (C=O) groups excluding carboxylic acids is 3. The molecule has 12 heteroatoms. The third kappa shape index (κ3) is 3.86. The minimum Gasteiger partial charge on any atom is -0.550 e. The Morgan fingerprint density at radius 2 is 1.79 bits per heavy atom. The van der Waals surface area contributed by atoms with Gasteiger partial charge >= 0.3 is 59.1 Å². The Bertz CT molecular complexity index is 1110. The molecule has 0 aromatic carbocycles. The van der Waals surface area contributed by atoms with Gasteiger partial charge in [0.25, 0.3) is 0 Å². The number of hydrogen-bond donors (Lipinski definition) is 2. The van der Waals surface area contributed by atoms with Crippen LogP contribution in [0.3, 0.4) is 0 Å². The van der Waals surface area contributed by atoms with Gasteiger partial charge in [0.05, 0.1) is 48.3 Å². The summed E-state index contributed by atoms with van der Waals surface area (Å²) >= 11 is 0. The van der Waals surface area contributed by atoms with E-state index in [4.69, 9.17) is 13.9 Å². The van der Waals surface area contributed by atoms with E-state index >= 15 is 0 Å². The average molecular weight is 551 g/mol. The molecule has 4 aliphatic rings. The van der Waals surface area contributed by atoms with Gasteiger partial charge in [-0.3, -0.25) is 4.79 Å². The van der Waals surface area contributed by atoms with Crippen LogP contribution in [0.1, 0.15) is 65.0 Å². The molecule has 1 aromatic heterocycles. The van der Waals surface area contributed by atoms with E-state index in [0.717, 1.165) is 0 Å². The summed E-state index contributed by atoms with van der Waals surface area (Å²) in [6.07, 6.45) is -0.877. The van der Waals surface area contributed by atoms with Crippen molar-refractivity contribution in [2.45, 2.75) is 82.9 Å². The Morgan fingerprint density at radius 3 is 2.29 bits per heavy atom. The molecule has 2 aliphatic heterocycles. The Labute approximate surface area is 265 Å². The number of rotatable bonds is 6. The maximum Gasteiger partial charge on any atom is 1.00 e. The summed E-state index contributed by atoms with van der Waals surface area (Å²) in [5.74, 6) is -4.29. The average Bonchev–Trinajstić information content (AvgIpc) is 3.27. The number of furan rings is 1. The number of ketones is 1. The quantitative estimate of drug-likeness (QED) is 0.256. The SMILES string of the molecule is CC1(C)O[C@@H](CC(=O)[O-])[C@]2(CO)[C@H]3CC[C@@](C)([C@@H](O)c4ccoc4)[C@@]4(O[C@@H]4C(=O)[O-])[C@]3(C)C(=O)C[C@@H]12.[Na+].[Na+]. The van der Waals surface area contributed by atoms with Crippen LogP contribution < -0.4 is 69.3 Å². The number of hydrogen-bond acceptors (Lipinski definition) is 10. The van der Waals surface area contributed by atoms with Crippen LogP contribution in [0.2, 0.25) is 0 Å². The van der Waals surface area contributed by atoms with E-state index in [-0.39, 0.29) is 77.7 Å². The van der Waals surface area contributed by atoms with Crippen molar-refractivity contribution in [1.82, 2.24) is 0 Å². The predicted molar refractivity (Wildman–Crippen MR) is 116 cm³/mol. The number of aliphatic carboxylic acids is 2. The fraction of sp³-hybridized carbons (Fsp3) is 0.731. The molecule has 198 valence electrons. The summed E-state index contributed by atoms with van der Waals surface area (Å²) in [6.45, 7) is 6.43. The van der Waals surface area contributed by atoms with E-state index < -0.39 is 82.6 Å². The number of epoxide rings is 1. The van der Waals surface area contributed by atoms with Crippen LogP contribution in [-0.4, -0.2) is 58.0 Å². The van der Waals surface area contributed by atoms with Crippen molar-refractivity contribution in [3.8, 4) is 0 Å². The number of carbonyl (C=O) groups is 3. The van der Waals surface area contributed by atoms with Crippen molar-refractivity contribution in [1.29, 1.82) is 0 Å². The Kier molecular flexibility index (Phi) is 8.67. The topological polar surface area (TPSA) is 173 Å². The summed E-state index contributed by atoms with van der Waals surface area (Å²) in [4.78, 5) is 38.1. The van der Waals surface area contributed by atoms with Crippen molar-refractivity contribution in [3.63, 3.8) is 0 Å². The molecule has 1 spiro atoms. The first-order chi connectivity index (χ1) is 16.7. The number of ether oxygens (including phenoxy) is 2. The zero-order chi connectivity index (χ0) is 26.5. The molecule has 1 aromatic rings. The van der Waals surface area contributed by atoms with Crippen molar-refractivity contribution < 1.29 is 108 Å². The predicted octanol–water partition coefficient (Wildman–Crippen LogP) is -6.48. The molecule has 0 bridgehead atoms. The van der Waals surface area contributed by atoms with Crippen LogP contribution in [0.4, 0.5) is 0 Å². The van der Waals surface area contributed by atoms with Crippen LogP contribution in [0, 0.1) is 28.1 Å². The van der Waals surface area contributed by atoms with Crippen LogP contribution in [-0.2, 0) is 23.9 Å². The van der Waals surface area contributed by atoms with Crippen LogP contribution in [0.15, 0.2) is 23.0 Å². The molecule has 9 atom stereocenters. The number of aliphatic hydroxyl groups is 2. The third-order valence-corrected chi connectivity index (χ3v) is 10.3. The molecule has 0 radical (unpaired) electrons. The molecular weight excluding hydrogens is 518 g/mol. The van der Waals surface area contributed by atoms with E-state index in [1.807, 2.05) is 0 Å². The minimum atomic E-state index is -1.65. The number of Topliss-reactive ketones (excluding diaryl/α,β-unsaturated/α-hetero) is 1. The summed E-state index contributed by atoms with van der Waals surface area (Å²) in [6, 6.07) is 1.58. The van der Waals surface area contributed by atoms with Crippen LogP contribution >= 0.6 is 0 Å². The van der Waals surface area contributed by atoms with Crippen molar-refractivity contribution >= 4 is 17.7 Å². The molecule has 4 fully saturated rings. The number of aliphatic hydroxyl groups excluding tert-OH is 2. The first-order valence-corrected chi connectivity index (χ1v) is 12.3. The first kappa shape index (κ1) is 32.2. The van der Waals surface area contributed by atoms with E-state index in [9.17, 15) is 34.8 Å². The van der Waals surface area contributed by atoms with Gasteiger partial charge in [0.15, 0.2) is 0 Å². The standard InChI is InChI=1S/C26H34O10.2Na/c1-22(2)15-9-16(28)24(4)14(25(15,12-27)17(35-22)10-18(29)30)5-7-23(3,19(31)13-6-8-34-11-13)26(24)20(36-26)21(32)33;;/h6,8,11,14-15,17,19-20,27,31H,5,7,9-10,12H2,1-4H3,(H,29,30)(H,32,33);;/q;2*+1/p-2/t14-,15-,17-,19-,20+,23-,24-,25+,26+;;/m0../s1. The number of carboxylic acids is 2. The molecule has 2 N–H and O–H groups in total. The van der Waals surface area contributed by atoms with Gasteiger partial charge in [0.2, 0.25) is 0 Å². The van der Waals surface area contributed by atoms with E-state index in [0.29, 0.717) is 12.0 Å². The molecule has 5 rings (SSSR count). The fourth-order valence-corrected chi connectivity index (χ4v) is 8.75. The van der Waals surface area contributed by atoms with Crippen molar-refractivity contribution in [2.24, 2.45) is 28.1 Å². The minimum absolute atomic E-state index is 0. The molecule has 10 nitrogen and oxygen atoms in total. The van der Waals surface area contributed by atoms with Crippen molar-refractivity contribution in [2.75, 3.05) is 6.61 Å². The Balaban J connectivity index is 0.00000200. The van der Waals surface area contributed by atoms with Gasteiger partial charge in [-0.25, -0.2) is 0 Å². The summed E-state index contributed by atoms with van der Waals surface area (Å²) < 4.78 is 17.3. The van der Waals surface area contributed by atoms with Gasteiger partial charge in [-0.05, 0) is 45.6 Å². The van der Waals surface area contributed by atoms with Crippen LogP contribution in [0.25, 0.3) is 0 Å². The summed E-state index contributed by atoms with van der Waals surface area (Å²) in [5, 5.41) is 46.4. The van der Waals surface area contributed by atoms with Gasteiger partial charge in [0.1, 0.15) is 17.5 Å². The van der Waals surface area contributed by atoms with Crippen molar-refractivity contribution in [3.05, 3.63) is 24.2 Å². The Hall–Kier alpha value is -0.270. The van der Waals surface area contributed by atoms with Crippen LogP contribution in [0.5, 0.6) is 0 Å². The Morgan fingerprint density at radius 1 is 1.13 bits per heavy atom. The maximum atomic E-state index is 14.1. The van der Waals surface area contributed by atoms with E-state index in [1.165, 1.54) is 12.5 Å². The zero-order valence-corrected chi connectivity index (χ0v) is 26.8. The summed E-state index contributed by atoms with van der Waals surface area (Å²) in [7, 11) is 0. The fourth-order valence-electron chi connectivity index (χ4n) is 8.75. The van der Waals surface area contributed by atoms with Gasteiger partial charge in [-0.2, -0.15) is 0 Å². The molecule has 2 saturated heterocycles. The second-order valence-electron chi connectivity index (χ2n) is 12.0. The largest absolute Gasteiger partial charge is 1.00 e. The zero-order valence-electron chi connectivity index (χ0n) is 22.8. The molecule has 3 heterocycles. The second kappa shape index (κ2) is 10.2. The first-order valence-electron chi connectivity index (χ1n) is 12.3. The smallest absolute Gasteiger partial charge is 0.550 e. The van der Waals surface area contributed by atoms with Gasteiger partial charge in [-0.1, -0.05) is 6.92 Å². The second-order valence-corrected chi connectivity index (χ2v) is 12.0. The molecule has 38 heavy (non-hydrogen) atoms. The monoisotopic (exact) mass is 550 g/mol. The number of carboxylic acid groups (broad SMARTS) is 2. The maximum absolute atomic E-state index is 14.1. The van der Waals surface area contributed by atoms with Gasteiger partial charge in [0, 0.05) is 41.1 Å². The van der Waals surface area contributed by atoms with Gasteiger partial charge in [-0.15, -0.1) is 0 Å². The number of fused-ring (bicyclic) bond motifs is 4. The van der Waals surface area contributed by atoms with E-state index in [2.05, 4.69) is 0 Å². The molecule has 2 aliphatic carbocycles. The molecule has 0 amide bonds. The molecule has 0 unspecified atom stereocenters. The molecular formula is C26H32Na2O10. The third-order valence-electron chi connectivity index (χ3n) is 10.3. The normalized spacial score (nSPS) is 43.3. The summed E-state index contributed by atoms with van der Waals surface area (Å²) in [5.41, 5.74) is -6.02.